The monoisotopic (exact) mass is 348 g/mol. The highest BCUT2D eigenvalue weighted by Crippen LogP contribution is 2.31. The van der Waals surface area contributed by atoms with Crippen LogP contribution in [-0.4, -0.2) is 20.6 Å². The zero-order valence-corrected chi connectivity index (χ0v) is 12.3. The summed E-state index contributed by atoms with van der Waals surface area (Å²) in [5.74, 6) is -0.838. The molecule has 0 aliphatic rings. The van der Waals surface area contributed by atoms with Crippen LogP contribution in [0.1, 0.15) is 0 Å². The lowest BCUT2D eigenvalue weighted by Crippen LogP contribution is -2.10. The van der Waals surface area contributed by atoms with Crippen LogP contribution in [0.25, 0.3) is 22.4 Å². The summed E-state index contributed by atoms with van der Waals surface area (Å²) < 4.78 is 15.4. The number of hydrogen-bond donors (Lipinski definition) is 1. The van der Waals surface area contributed by atoms with E-state index in [1.165, 1.54) is 12.1 Å². The lowest BCUT2D eigenvalue weighted by molar-refractivity contribution is -0.137. The van der Waals surface area contributed by atoms with Gasteiger partial charge < -0.3 is 9.67 Å². The van der Waals surface area contributed by atoms with Crippen molar-refractivity contribution >= 4 is 32.9 Å². The van der Waals surface area contributed by atoms with Crippen LogP contribution in [0.2, 0.25) is 0 Å². The van der Waals surface area contributed by atoms with E-state index < -0.39 is 5.97 Å². The molecule has 0 aliphatic heterocycles. The number of carbonyl (C=O) groups is 1. The summed E-state index contributed by atoms with van der Waals surface area (Å²) >= 11 is 3.30. The zero-order chi connectivity index (χ0) is 15.0. The van der Waals surface area contributed by atoms with Crippen LogP contribution in [-0.2, 0) is 11.3 Å². The fourth-order valence-corrected chi connectivity index (χ4v) is 2.78. The number of aromatic nitrogens is 2. The molecule has 1 N–H and O–H groups in total. The largest absolute Gasteiger partial charge is 0.480 e. The molecule has 0 atom stereocenters. The van der Waals surface area contributed by atoms with Crippen LogP contribution in [0.5, 0.6) is 0 Å². The van der Waals surface area contributed by atoms with Gasteiger partial charge in [-0.1, -0.05) is 12.1 Å². The minimum Gasteiger partial charge on any atom is -0.480 e. The number of hydrogen-bond acceptors (Lipinski definition) is 2. The number of rotatable bonds is 3. The molecule has 0 fully saturated rings. The number of carboxylic acids is 1. The third kappa shape index (κ3) is 2.54. The van der Waals surface area contributed by atoms with Crippen molar-refractivity contribution in [2.24, 2.45) is 0 Å². The van der Waals surface area contributed by atoms with E-state index in [-0.39, 0.29) is 12.4 Å². The van der Waals surface area contributed by atoms with Gasteiger partial charge in [0.25, 0.3) is 0 Å². The minimum absolute atomic E-state index is 0.209. The van der Waals surface area contributed by atoms with Crippen LogP contribution in [0.4, 0.5) is 4.39 Å². The summed E-state index contributed by atoms with van der Waals surface area (Å²) in [7, 11) is 0. The maximum absolute atomic E-state index is 13.2. The van der Waals surface area contributed by atoms with Crippen LogP contribution in [0.3, 0.4) is 0 Å². The fraction of sp³-hybridized carbons (Fsp3) is 0.0667. The van der Waals surface area contributed by atoms with E-state index in [0.717, 1.165) is 5.52 Å². The summed E-state index contributed by atoms with van der Waals surface area (Å²) in [6.07, 6.45) is 0. The van der Waals surface area contributed by atoms with E-state index in [9.17, 15) is 9.18 Å². The van der Waals surface area contributed by atoms with Crippen molar-refractivity contribution in [1.29, 1.82) is 0 Å². The van der Waals surface area contributed by atoms with Crippen molar-refractivity contribution < 1.29 is 14.3 Å². The van der Waals surface area contributed by atoms with E-state index in [1.807, 2.05) is 24.3 Å². The second kappa shape index (κ2) is 5.29. The predicted molar refractivity (Wildman–Crippen MR) is 80.5 cm³/mol. The Bertz CT molecular complexity index is 845. The van der Waals surface area contributed by atoms with Gasteiger partial charge >= 0.3 is 5.97 Å². The molecule has 1 aromatic heterocycles. The van der Waals surface area contributed by atoms with E-state index >= 15 is 0 Å². The number of para-hydroxylation sites is 2. The normalized spacial score (nSPS) is 11.0. The van der Waals surface area contributed by atoms with Gasteiger partial charge in [0.05, 0.1) is 11.0 Å². The van der Waals surface area contributed by atoms with Crippen molar-refractivity contribution in [1.82, 2.24) is 9.55 Å². The van der Waals surface area contributed by atoms with Gasteiger partial charge in [-0.3, -0.25) is 4.79 Å². The summed E-state index contributed by atoms with van der Waals surface area (Å²) in [5, 5.41) is 9.11. The average Bonchev–Trinajstić information content (AvgIpc) is 2.77. The van der Waals surface area contributed by atoms with Crippen LogP contribution in [0.15, 0.2) is 46.9 Å². The molecule has 0 radical (unpaired) electrons. The van der Waals surface area contributed by atoms with E-state index in [1.54, 1.807) is 10.6 Å². The first kappa shape index (κ1) is 13.8. The predicted octanol–water partition coefficient (Wildman–Crippen LogP) is 3.69. The van der Waals surface area contributed by atoms with Crippen LogP contribution in [0, 0.1) is 5.82 Å². The third-order valence-corrected chi connectivity index (χ3v) is 3.78. The number of benzene rings is 2. The van der Waals surface area contributed by atoms with Crippen LogP contribution < -0.4 is 0 Å². The molecule has 1 heterocycles. The molecule has 3 aromatic rings. The lowest BCUT2D eigenvalue weighted by atomic mass is 10.2. The molecule has 0 bridgehead atoms. The number of aliphatic carboxylic acids is 1. The Labute approximate surface area is 128 Å². The van der Waals surface area contributed by atoms with Crippen molar-refractivity contribution in [2.45, 2.75) is 6.54 Å². The van der Waals surface area contributed by atoms with Gasteiger partial charge in [0.1, 0.15) is 18.2 Å². The SMILES string of the molecule is O=C(O)Cn1c(-c2ccc(F)cc2Br)nc2ccccc21. The lowest BCUT2D eigenvalue weighted by Gasteiger charge is -2.08. The van der Waals surface area contributed by atoms with E-state index in [2.05, 4.69) is 20.9 Å². The molecule has 0 saturated heterocycles. The molecule has 21 heavy (non-hydrogen) atoms. The van der Waals surface area contributed by atoms with Crippen molar-refractivity contribution in [3.8, 4) is 11.4 Å². The van der Waals surface area contributed by atoms with Crippen LogP contribution >= 0.6 is 15.9 Å². The van der Waals surface area contributed by atoms with Crippen molar-refractivity contribution in [3.05, 3.63) is 52.8 Å². The van der Waals surface area contributed by atoms with Crippen molar-refractivity contribution in [2.75, 3.05) is 0 Å². The zero-order valence-electron chi connectivity index (χ0n) is 10.8. The summed E-state index contributed by atoms with van der Waals surface area (Å²) in [6, 6.07) is 11.5. The first-order chi connectivity index (χ1) is 10.1. The van der Waals surface area contributed by atoms with Gasteiger partial charge in [0.15, 0.2) is 0 Å². The molecule has 3 rings (SSSR count). The number of carboxylic acid groups (broad SMARTS) is 1. The summed E-state index contributed by atoms with van der Waals surface area (Å²) in [5.41, 5.74) is 2.07. The Hall–Kier alpha value is -2.21. The van der Waals surface area contributed by atoms with Gasteiger partial charge in [0.2, 0.25) is 0 Å². The molecular formula is C15H10BrFN2O2. The molecular weight excluding hydrogens is 339 g/mol. The first-order valence-electron chi connectivity index (χ1n) is 6.19. The molecule has 106 valence electrons. The van der Waals surface area contributed by atoms with E-state index in [0.29, 0.717) is 21.4 Å². The Morgan fingerprint density at radius 1 is 1.29 bits per heavy atom. The second-order valence-corrected chi connectivity index (χ2v) is 5.38. The Balaban J connectivity index is 2.28. The van der Waals surface area contributed by atoms with Crippen molar-refractivity contribution in [3.63, 3.8) is 0 Å². The highest BCUT2D eigenvalue weighted by Gasteiger charge is 2.16. The maximum Gasteiger partial charge on any atom is 0.323 e. The van der Waals surface area contributed by atoms with Gasteiger partial charge in [-0.15, -0.1) is 0 Å². The fourth-order valence-electron chi connectivity index (χ4n) is 2.25. The molecule has 0 aliphatic carbocycles. The second-order valence-electron chi connectivity index (χ2n) is 4.53. The third-order valence-electron chi connectivity index (χ3n) is 3.12. The Morgan fingerprint density at radius 3 is 2.76 bits per heavy atom. The smallest absolute Gasteiger partial charge is 0.323 e. The molecule has 0 amide bonds. The molecule has 6 heteroatoms. The molecule has 0 spiro atoms. The quantitative estimate of drug-likeness (QED) is 0.785. The molecule has 4 nitrogen and oxygen atoms in total. The standard InChI is InChI=1S/C15H10BrFN2O2/c16-11-7-9(17)5-6-10(11)15-18-12-3-1-2-4-13(12)19(15)8-14(20)21/h1-7H,8H2,(H,20,21). The summed E-state index contributed by atoms with van der Waals surface area (Å²) in [4.78, 5) is 15.6. The minimum atomic E-state index is -0.961. The molecule has 0 unspecified atom stereocenters. The Kier molecular flexibility index (Phi) is 3.47. The number of imidazole rings is 1. The van der Waals surface area contributed by atoms with E-state index in [4.69, 9.17) is 5.11 Å². The number of fused-ring (bicyclic) bond motifs is 1. The Morgan fingerprint density at radius 2 is 2.05 bits per heavy atom. The van der Waals surface area contributed by atoms with Gasteiger partial charge in [-0.25, -0.2) is 9.37 Å². The number of halogens is 2. The average molecular weight is 349 g/mol. The highest BCUT2D eigenvalue weighted by molar-refractivity contribution is 9.10. The molecule has 0 saturated carbocycles. The van der Waals surface area contributed by atoms with Gasteiger partial charge in [-0.2, -0.15) is 0 Å². The highest BCUT2D eigenvalue weighted by atomic mass is 79.9. The van der Waals surface area contributed by atoms with Gasteiger partial charge in [0, 0.05) is 10.0 Å². The molecule has 2 aromatic carbocycles. The number of nitrogens with zero attached hydrogens (tertiary/aromatic N) is 2. The first-order valence-corrected chi connectivity index (χ1v) is 6.98. The topological polar surface area (TPSA) is 55.1 Å². The van der Waals surface area contributed by atoms with Gasteiger partial charge in [-0.05, 0) is 46.3 Å². The maximum atomic E-state index is 13.2. The summed E-state index contributed by atoms with van der Waals surface area (Å²) in [6.45, 7) is -0.209.